The van der Waals surface area contributed by atoms with Crippen LogP contribution < -0.4 is 5.32 Å². The summed E-state index contributed by atoms with van der Waals surface area (Å²) in [7, 11) is -2.67. The van der Waals surface area contributed by atoms with Crippen molar-refractivity contribution in [2.75, 3.05) is 18.4 Å². The van der Waals surface area contributed by atoms with Gasteiger partial charge in [-0.2, -0.15) is 5.10 Å². The Morgan fingerprint density at radius 2 is 2.00 bits per heavy atom. The van der Waals surface area contributed by atoms with Crippen LogP contribution in [0.3, 0.4) is 0 Å². The molecule has 0 aliphatic carbocycles. The number of nitrogens with zero attached hydrogens (tertiary/aromatic N) is 4. The highest BCUT2D eigenvalue weighted by Crippen LogP contribution is 2.40. The van der Waals surface area contributed by atoms with E-state index in [1.54, 1.807) is 18.7 Å². The average Bonchev–Trinajstić information content (AvgIpc) is 3.31. The van der Waals surface area contributed by atoms with Gasteiger partial charge >= 0.3 is 6.03 Å². The number of carbonyl (C=O) groups is 1. The minimum atomic E-state index is -4.07. The van der Waals surface area contributed by atoms with Gasteiger partial charge in [-0.05, 0) is 32.6 Å². The Hall–Kier alpha value is -2.50. The zero-order chi connectivity index (χ0) is 21.4. The van der Waals surface area contributed by atoms with Crippen LogP contribution in [0.4, 0.5) is 19.3 Å². The molecule has 0 atom stereocenters. The summed E-state index contributed by atoms with van der Waals surface area (Å²) >= 11 is 0. The van der Waals surface area contributed by atoms with Crippen LogP contribution in [-0.4, -0.2) is 52.1 Å². The number of piperidine rings is 1. The number of aromatic nitrogens is 3. The maximum Gasteiger partial charge on any atom is 0.321 e. The molecule has 1 N–H and O–H groups in total. The highest BCUT2D eigenvalue weighted by atomic mass is 32.2. The predicted octanol–water partition coefficient (Wildman–Crippen LogP) is 2.84. The summed E-state index contributed by atoms with van der Waals surface area (Å²) in [4.78, 5) is 13.4. The highest BCUT2D eigenvalue weighted by molar-refractivity contribution is 7.92. The quantitative estimate of drug-likeness (QED) is 0.779. The van der Waals surface area contributed by atoms with Gasteiger partial charge in [-0.15, -0.1) is 0 Å². The van der Waals surface area contributed by atoms with E-state index >= 15 is 0 Å². The Morgan fingerprint density at radius 3 is 2.55 bits per heavy atom. The van der Waals surface area contributed by atoms with Crippen molar-refractivity contribution in [3.63, 3.8) is 0 Å². The normalized spacial score (nSPS) is 16.4. The van der Waals surface area contributed by atoms with Crippen molar-refractivity contribution in [1.29, 1.82) is 0 Å². The van der Waals surface area contributed by atoms with Gasteiger partial charge in [-0.3, -0.25) is 4.68 Å². The molecule has 29 heavy (non-hydrogen) atoms. The van der Waals surface area contributed by atoms with Gasteiger partial charge in [0.25, 0.3) is 6.43 Å². The summed E-state index contributed by atoms with van der Waals surface area (Å²) in [5, 5.41) is 9.77. The second-order valence-corrected chi connectivity index (χ2v) is 10.1. The van der Waals surface area contributed by atoms with Crippen LogP contribution in [-0.2, 0) is 16.9 Å². The summed E-state index contributed by atoms with van der Waals surface area (Å²) in [6, 6.07) is -0.334. The van der Waals surface area contributed by atoms with Gasteiger partial charge in [0, 0.05) is 26.3 Å². The van der Waals surface area contributed by atoms with E-state index < -0.39 is 31.6 Å². The van der Waals surface area contributed by atoms with Crippen molar-refractivity contribution in [2.45, 2.75) is 42.8 Å². The Kier molecular flexibility index (Phi) is 5.65. The van der Waals surface area contributed by atoms with Crippen molar-refractivity contribution < 1.29 is 26.5 Å². The number of urea groups is 1. The molecule has 9 nitrogen and oxygen atoms in total. The smallest absolute Gasteiger partial charge is 0.321 e. The van der Waals surface area contributed by atoms with E-state index in [2.05, 4.69) is 20.1 Å². The molecule has 1 fully saturated rings. The maximum atomic E-state index is 13.3. The molecule has 0 radical (unpaired) electrons. The molecule has 0 saturated carbocycles. The van der Waals surface area contributed by atoms with Crippen LogP contribution in [0.15, 0.2) is 28.1 Å². The van der Waals surface area contributed by atoms with Gasteiger partial charge in [0.2, 0.25) is 0 Å². The van der Waals surface area contributed by atoms with Gasteiger partial charge in [0.05, 0.1) is 10.9 Å². The van der Waals surface area contributed by atoms with Crippen molar-refractivity contribution in [3.8, 4) is 0 Å². The van der Waals surface area contributed by atoms with Crippen molar-refractivity contribution in [2.24, 2.45) is 13.0 Å². The van der Waals surface area contributed by atoms with E-state index in [0.717, 1.165) is 10.9 Å². The number of nitrogens with one attached hydrogen (secondary N) is 1. The van der Waals surface area contributed by atoms with E-state index in [0.29, 0.717) is 31.6 Å². The number of hydrogen-bond acceptors (Lipinski definition) is 6. The second kappa shape index (κ2) is 7.73. The number of carbonyl (C=O) groups excluding carboxylic acids is 1. The van der Waals surface area contributed by atoms with Crippen LogP contribution in [0.5, 0.6) is 0 Å². The SMILES string of the molecule is Cn1cc(S(=O)(=O)C(C)(C)C2CCN(C(=O)Nc3cnoc3)CC2)c(C(F)F)n1. The third-order valence-corrected chi connectivity index (χ3v) is 8.07. The van der Waals surface area contributed by atoms with E-state index in [1.807, 2.05) is 0 Å². The summed E-state index contributed by atoms with van der Waals surface area (Å²) in [6.07, 6.45) is 1.66. The van der Waals surface area contributed by atoms with Gasteiger partial charge in [0.15, 0.2) is 9.84 Å². The first-order chi connectivity index (χ1) is 13.5. The molecule has 160 valence electrons. The molecule has 3 rings (SSSR count). The second-order valence-electron chi connectivity index (χ2n) is 7.56. The van der Waals surface area contributed by atoms with Crippen molar-refractivity contribution in [3.05, 3.63) is 24.4 Å². The van der Waals surface area contributed by atoms with E-state index in [1.165, 1.54) is 19.5 Å². The molecule has 2 aromatic heterocycles. The monoisotopic (exact) mass is 431 g/mol. The van der Waals surface area contributed by atoms with Crippen LogP contribution in [0, 0.1) is 5.92 Å². The Morgan fingerprint density at radius 1 is 1.34 bits per heavy atom. The average molecular weight is 431 g/mol. The minimum Gasteiger partial charge on any atom is -0.363 e. The standard InChI is InChI=1S/C17H23F2N5O4S/c1-17(2,29(26,27)13-9-23(3)22-14(13)15(18)19)11-4-6-24(7-5-11)16(25)21-12-8-20-28-10-12/h8-11,15H,4-7H2,1-3H3,(H,21,25). The molecule has 2 amide bonds. The number of rotatable bonds is 5. The maximum absolute atomic E-state index is 13.3. The number of hydrogen-bond donors (Lipinski definition) is 1. The fourth-order valence-electron chi connectivity index (χ4n) is 3.59. The van der Waals surface area contributed by atoms with E-state index in [-0.39, 0.29) is 11.9 Å². The van der Waals surface area contributed by atoms with E-state index in [4.69, 9.17) is 0 Å². The summed E-state index contributed by atoms with van der Waals surface area (Å²) in [6.45, 7) is 3.77. The number of alkyl halides is 2. The van der Waals surface area contributed by atoms with Gasteiger partial charge in [-0.1, -0.05) is 5.16 Å². The Bertz CT molecular complexity index is 964. The molecule has 0 bridgehead atoms. The molecular weight excluding hydrogens is 408 g/mol. The summed E-state index contributed by atoms with van der Waals surface area (Å²) < 4.78 is 57.5. The fraction of sp³-hybridized carbons (Fsp3) is 0.588. The van der Waals surface area contributed by atoms with Gasteiger partial charge < -0.3 is 14.7 Å². The van der Waals surface area contributed by atoms with Crippen LogP contribution >= 0.6 is 0 Å². The molecule has 12 heteroatoms. The number of anilines is 1. The molecule has 0 spiro atoms. The molecule has 0 aromatic carbocycles. The molecule has 1 aliphatic rings. The lowest BCUT2D eigenvalue weighted by molar-refractivity contribution is 0.141. The number of aryl methyl sites for hydroxylation is 1. The van der Waals surface area contributed by atoms with Gasteiger partial charge in [0.1, 0.15) is 22.5 Å². The lowest BCUT2D eigenvalue weighted by atomic mass is 9.86. The largest absolute Gasteiger partial charge is 0.363 e. The first-order valence-electron chi connectivity index (χ1n) is 9.05. The molecule has 1 saturated heterocycles. The lowest BCUT2D eigenvalue weighted by Gasteiger charge is -2.40. The summed E-state index contributed by atoms with van der Waals surface area (Å²) in [5.74, 6) is -0.308. The fourth-order valence-corrected chi connectivity index (χ4v) is 5.53. The number of halogens is 2. The van der Waals surface area contributed by atoms with Gasteiger partial charge in [-0.25, -0.2) is 22.0 Å². The third-order valence-electron chi connectivity index (χ3n) is 5.46. The predicted molar refractivity (Wildman–Crippen MR) is 99.2 cm³/mol. The molecule has 2 aromatic rings. The third kappa shape index (κ3) is 3.98. The summed E-state index contributed by atoms with van der Waals surface area (Å²) in [5.41, 5.74) is -0.303. The number of likely N-dealkylation sites (tertiary alicyclic amines) is 1. The van der Waals surface area contributed by atoms with Crippen molar-refractivity contribution in [1.82, 2.24) is 19.8 Å². The molecular formula is C17H23F2N5O4S. The Labute approximate surface area is 166 Å². The molecule has 1 aliphatic heterocycles. The zero-order valence-corrected chi connectivity index (χ0v) is 17.1. The number of sulfone groups is 1. The van der Waals surface area contributed by atoms with Crippen LogP contribution in [0.25, 0.3) is 0 Å². The van der Waals surface area contributed by atoms with Crippen molar-refractivity contribution >= 4 is 21.6 Å². The van der Waals surface area contributed by atoms with Crippen LogP contribution in [0.1, 0.15) is 38.8 Å². The molecule has 0 unspecified atom stereocenters. The number of amides is 2. The Balaban J connectivity index is 1.73. The van der Waals surface area contributed by atoms with Crippen LogP contribution in [0.2, 0.25) is 0 Å². The first kappa shape index (κ1) is 21.2. The highest BCUT2D eigenvalue weighted by Gasteiger charge is 2.46. The van der Waals surface area contributed by atoms with E-state index in [9.17, 15) is 22.0 Å². The molecule has 3 heterocycles. The zero-order valence-electron chi connectivity index (χ0n) is 16.3. The first-order valence-corrected chi connectivity index (χ1v) is 10.5. The minimum absolute atomic E-state index is 0.308. The lowest BCUT2D eigenvalue weighted by Crippen LogP contribution is -2.48. The topological polar surface area (TPSA) is 110 Å².